The molecule has 0 unspecified atom stereocenters. The van der Waals surface area contributed by atoms with Crippen LogP contribution in [0.4, 0.5) is 0 Å². The van der Waals surface area contributed by atoms with E-state index in [2.05, 4.69) is 50.2 Å². The van der Waals surface area contributed by atoms with Gasteiger partial charge in [-0.1, -0.05) is 42.5 Å². The normalized spacial score (nSPS) is 11.4. The molecule has 126 valence electrons. The van der Waals surface area contributed by atoms with E-state index >= 15 is 0 Å². The molecule has 4 nitrogen and oxygen atoms in total. The van der Waals surface area contributed by atoms with Crippen molar-refractivity contribution >= 4 is 44.3 Å². The highest BCUT2D eigenvalue weighted by Crippen LogP contribution is 2.40. The van der Waals surface area contributed by atoms with Crippen molar-refractivity contribution in [1.82, 2.24) is 19.5 Å². The monoisotopic (exact) mass is 374 g/mol. The van der Waals surface area contributed by atoms with Crippen molar-refractivity contribution in [3.05, 3.63) is 66.3 Å². The predicted molar refractivity (Wildman–Crippen MR) is 108 cm³/mol. The van der Waals surface area contributed by atoms with E-state index in [-0.39, 0.29) is 0 Å². The van der Waals surface area contributed by atoms with Gasteiger partial charge in [-0.15, -0.1) is 11.3 Å². The third-order valence-electron chi connectivity index (χ3n) is 4.35. The van der Waals surface area contributed by atoms with Gasteiger partial charge in [-0.25, -0.2) is 15.0 Å². The second-order valence-electron chi connectivity index (χ2n) is 5.92. The van der Waals surface area contributed by atoms with Crippen LogP contribution in [0.5, 0.6) is 0 Å². The Balaban J connectivity index is 1.67. The average molecular weight is 374 g/mol. The van der Waals surface area contributed by atoms with Crippen molar-refractivity contribution in [1.29, 1.82) is 0 Å². The number of hydrogen-bond acceptors (Lipinski definition) is 5. The number of aromatic nitrogens is 4. The minimum atomic E-state index is 0.927. The number of fused-ring (bicyclic) bond motifs is 2. The maximum absolute atomic E-state index is 4.77. The molecule has 5 aromatic rings. The van der Waals surface area contributed by atoms with Gasteiger partial charge in [0.15, 0.2) is 5.16 Å². The molecule has 0 N–H and O–H groups in total. The lowest BCUT2D eigenvalue weighted by molar-refractivity contribution is 0.814. The topological polar surface area (TPSA) is 43.6 Å². The van der Waals surface area contributed by atoms with E-state index in [1.807, 2.05) is 31.3 Å². The number of imidazole rings is 1. The van der Waals surface area contributed by atoms with Crippen molar-refractivity contribution in [2.24, 2.45) is 7.05 Å². The second-order valence-corrected chi connectivity index (χ2v) is 7.73. The van der Waals surface area contributed by atoms with Gasteiger partial charge in [0.25, 0.3) is 0 Å². The molecule has 0 radical (unpaired) electrons. The molecule has 3 aromatic heterocycles. The maximum Gasteiger partial charge on any atom is 0.175 e. The fourth-order valence-corrected chi connectivity index (χ4v) is 5.00. The zero-order chi connectivity index (χ0) is 17.5. The van der Waals surface area contributed by atoms with Crippen LogP contribution in [0.3, 0.4) is 0 Å². The van der Waals surface area contributed by atoms with E-state index in [0.717, 1.165) is 31.4 Å². The summed E-state index contributed by atoms with van der Waals surface area (Å²) < 4.78 is 2.11. The number of hydrogen-bond donors (Lipinski definition) is 0. The van der Waals surface area contributed by atoms with Crippen LogP contribution in [0.1, 0.15) is 0 Å². The molecule has 3 heterocycles. The molecule has 6 heteroatoms. The first-order valence-corrected chi connectivity index (χ1v) is 9.88. The summed E-state index contributed by atoms with van der Waals surface area (Å²) >= 11 is 3.24. The van der Waals surface area contributed by atoms with Gasteiger partial charge in [0.1, 0.15) is 16.2 Å². The molecule has 0 saturated carbocycles. The Morgan fingerprint density at radius 3 is 2.62 bits per heavy atom. The zero-order valence-electron chi connectivity index (χ0n) is 14.0. The zero-order valence-corrected chi connectivity index (χ0v) is 15.6. The number of rotatable bonds is 3. The van der Waals surface area contributed by atoms with Gasteiger partial charge in [0.05, 0.1) is 16.4 Å². The summed E-state index contributed by atoms with van der Waals surface area (Å²) in [5.41, 5.74) is 4.47. The first-order chi connectivity index (χ1) is 12.8. The van der Waals surface area contributed by atoms with Crippen LogP contribution < -0.4 is 0 Å². The molecule has 0 saturated heterocycles. The van der Waals surface area contributed by atoms with Crippen LogP contribution in [-0.2, 0) is 7.05 Å². The SMILES string of the molecule is Cn1c(Sc2ncnc3scc(-c4ccccc4)c23)nc2ccccc21. The smallest absolute Gasteiger partial charge is 0.175 e. The Bertz CT molecular complexity index is 1220. The molecular weight excluding hydrogens is 360 g/mol. The summed E-state index contributed by atoms with van der Waals surface area (Å²) in [7, 11) is 2.04. The summed E-state index contributed by atoms with van der Waals surface area (Å²) in [6.45, 7) is 0. The lowest BCUT2D eigenvalue weighted by Crippen LogP contribution is -1.92. The molecule has 0 fully saturated rings. The Labute approximate surface area is 158 Å². The minimum absolute atomic E-state index is 0.927. The average Bonchev–Trinajstić information content (AvgIpc) is 3.25. The second kappa shape index (κ2) is 6.23. The van der Waals surface area contributed by atoms with Gasteiger partial charge in [-0.2, -0.15) is 0 Å². The Hall–Kier alpha value is -2.70. The van der Waals surface area contributed by atoms with Crippen molar-refractivity contribution < 1.29 is 0 Å². The summed E-state index contributed by atoms with van der Waals surface area (Å²) in [4.78, 5) is 14.8. The summed E-state index contributed by atoms with van der Waals surface area (Å²) in [5.74, 6) is 0. The van der Waals surface area contributed by atoms with E-state index in [1.54, 1.807) is 29.4 Å². The molecule has 0 atom stereocenters. The van der Waals surface area contributed by atoms with Crippen molar-refractivity contribution in [3.8, 4) is 11.1 Å². The molecule has 26 heavy (non-hydrogen) atoms. The predicted octanol–water partition coefficient (Wildman–Crippen LogP) is 5.40. The van der Waals surface area contributed by atoms with E-state index in [4.69, 9.17) is 4.98 Å². The first-order valence-electron chi connectivity index (χ1n) is 8.18. The van der Waals surface area contributed by atoms with E-state index < -0.39 is 0 Å². The fraction of sp³-hybridized carbons (Fsp3) is 0.0500. The number of nitrogens with zero attached hydrogens (tertiary/aromatic N) is 4. The van der Waals surface area contributed by atoms with Crippen LogP contribution in [0.15, 0.2) is 76.5 Å². The summed E-state index contributed by atoms with van der Waals surface area (Å²) in [6, 6.07) is 18.6. The van der Waals surface area contributed by atoms with Crippen LogP contribution in [0, 0.1) is 0 Å². The molecule has 0 aliphatic heterocycles. The standard InChI is InChI=1S/C20H14N4S2/c1-24-16-10-6-5-9-15(16)23-20(24)26-19-17-14(13-7-3-2-4-8-13)11-25-18(17)21-12-22-19/h2-12H,1H3. The van der Waals surface area contributed by atoms with Gasteiger partial charge in [0.2, 0.25) is 0 Å². The first kappa shape index (κ1) is 15.5. The Morgan fingerprint density at radius 2 is 1.77 bits per heavy atom. The highest BCUT2D eigenvalue weighted by atomic mass is 32.2. The molecule has 0 bridgehead atoms. The molecule has 0 amide bonds. The van der Waals surface area contributed by atoms with Gasteiger partial charge in [-0.3, -0.25) is 0 Å². The van der Waals surface area contributed by atoms with Crippen LogP contribution >= 0.6 is 23.1 Å². The lowest BCUT2D eigenvalue weighted by atomic mass is 10.1. The number of para-hydroxylation sites is 2. The molecule has 0 aliphatic rings. The molecular formula is C20H14N4S2. The van der Waals surface area contributed by atoms with Crippen molar-refractivity contribution in [2.45, 2.75) is 10.2 Å². The fourth-order valence-electron chi connectivity index (χ4n) is 3.06. The third-order valence-corrected chi connectivity index (χ3v) is 6.29. The van der Waals surface area contributed by atoms with Gasteiger partial charge < -0.3 is 4.57 Å². The number of thiophene rings is 1. The van der Waals surface area contributed by atoms with E-state index in [9.17, 15) is 0 Å². The van der Waals surface area contributed by atoms with E-state index in [0.29, 0.717) is 0 Å². The molecule has 2 aromatic carbocycles. The van der Waals surface area contributed by atoms with Crippen molar-refractivity contribution in [3.63, 3.8) is 0 Å². The quantitative estimate of drug-likeness (QED) is 0.397. The molecule has 0 spiro atoms. The maximum atomic E-state index is 4.77. The molecule has 0 aliphatic carbocycles. The van der Waals surface area contributed by atoms with Crippen LogP contribution in [0.25, 0.3) is 32.4 Å². The van der Waals surface area contributed by atoms with Gasteiger partial charge in [-0.05, 0) is 29.5 Å². The summed E-state index contributed by atoms with van der Waals surface area (Å²) in [6.07, 6.45) is 1.64. The van der Waals surface area contributed by atoms with Crippen LogP contribution in [-0.4, -0.2) is 19.5 Å². The van der Waals surface area contributed by atoms with E-state index in [1.165, 1.54) is 11.1 Å². The minimum Gasteiger partial charge on any atom is -0.322 e. The van der Waals surface area contributed by atoms with Crippen LogP contribution in [0.2, 0.25) is 0 Å². The number of benzene rings is 2. The van der Waals surface area contributed by atoms with Gasteiger partial charge >= 0.3 is 0 Å². The van der Waals surface area contributed by atoms with Crippen molar-refractivity contribution in [2.75, 3.05) is 0 Å². The largest absolute Gasteiger partial charge is 0.322 e. The van der Waals surface area contributed by atoms with Gasteiger partial charge in [0, 0.05) is 18.0 Å². The Kier molecular flexibility index (Phi) is 3.72. The highest BCUT2D eigenvalue weighted by Gasteiger charge is 2.16. The highest BCUT2D eigenvalue weighted by molar-refractivity contribution is 7.99. The summed E-state index contributed by atoms with van der Waals surface area (Å²) in [5, 5.41) is 5.12. The Morgan fingerprint density at radius 1 is 0.962 bits per heavy atom. The lowest BCUT2D eigenvalue weighted by Gasteiger charge is -2.05. The third kappa shape index (κ3) is 2.50. The number of aryl methyl sites for hydroxylation is 1. The molecule has 5 rings (SSSR count).